The molecule has 0 amide bonds. The van der Waals surface area contributed by atoms with Crippen molar-refractivity contribution in [1.82, 2.24) is 9.97 Å². The van der Waals surface area contributed by atoms with Crippen molar-refractivity contribution in [3.63, 3.8) is 0 Å². The zero-order valence-electron chi connectivity index (χ0n) is 28.4. The minimum absolute atomic E-state index is 0.0970. The molecule has 0 spiro atoms. The molecule has 2 heterocycles. The molecule has 0 aliphatic rings. The molecule has 0 aliphatic carbocycles. The molecule has 5 aromatic carbocycles. The van der Waals surface area contributed by atoms with E-state index in [9.17, 15) is 5.11 Å². The molecule has 0 saturated carbocycles. The van der Waals surface area contributed by atoms with Gasteiger partial charge in [-0.2, -0.15) is 0 Å². The Morgan fingerprint density at radius 3 is 2.04 bits per heavy atom. The summed E-state index contributed by atoms with van der Waals surface area (Å²) < 4.78 is 6.57. The lowest BCUT2D eigenvalue weighted by Gasteiger charge is -2.19. The van der Waals surface area contributed by atoms with Gasteiger partial charge in [0.1, 0.15) is 11.3 Å². The van der Waals surface area contributed by atoms with Crippen molar-refractivity contribution < 1.29 is 9.52 Å². The van der Waals surface area contributed by atoms with Gasteiger partial charge in [0, 0.05) is 22.7 Å². The van der Waals surface area contributed by atoms with Crippen molar-refractivity contribution >= 4 is 22.0 Å². The first-order valence-corrected chi connectivity index (χ1v) is 16.2. The number of benzene rings is 5. The molecule has 4 heteroatoms. The Hall–Kier alpha value is -5.22. The van der Waals surface area contributed by atoms with Gasteiger partial charge in [-0.3, -0.25) is 4.98 Å². The Labute approximate surface area is 276 Å². The van der Waals surface area contributed by atoms with Crippen LogP contribution in [0, 0.1) is 34.6 Å². The van der Waals surface area contributed by atoms with Crippen molar-refractivity contribution in [3.05, 3.63) is 125 Å². The summed E-state index contributed by atoms with van der Waals surface area (Å²) in [6, 6.07) is 29.6. The van der Waals surface area contributed by atoms with Gasteiger partial charge in [-0.15, -0.1) is 0 Å². The van der Waals surface area contributed by atoms with E-state index in [-0.39, 0.29) is 11.2 Å². The Morgan fingerprint density at radius 2 is 1.32 bits per heavy atom. The molecule has 0 radical (unpaired) electrons. The van der Waals surface area contributed by atoms with Crippen molar-refractivity contribution in [3.8, 4) is 50.6 Å². The molecule has 0 atom stereocenters. The number of phenols is 1. The summed E-state index contributed by atoms with van der Waals surface area (Å²) in [7, 11) is 0. The third kappa shape index (κ3) is 5.48. The lowest BCUT2D eigenvalue weighted by molar-refractivity contribution is 0.473. The van der Waals surface area contributed by atoms with Gasteiger partial charge < -0.3 is 9.52 Å². The fraction of sp³-hybridized carbons (Fsp3) is 0.209. The third-order valence-electron chi connectivity index (χ3n) is 9.24. The number of aryl methyl sites for hydroxylation is 5. The fourth-order valence-electron chi connectivity index (χ4n) is 6.96. The van der Waals surface area contributed by atoms with E-state index in [0.717, 1.165) is 55.4 Å². The number of aromatic nitrogens is 2. The van der Waals surface area contributed by atoms with Crippen molar-refractivity contribution in [2.45, 2.75) is 60.8 Å². The number of hydrogen-bond acceptors (Lipinski definition) is 4. The minimum Gasteiger partial charge on any atom is -0.507 e. The molecular formula is C43H40N2O2. The average Bonchev–Trinajstić information content (AvgIpc) is 3.43. The van der Waals surface area contributed by atoms with Gasteiger partial charge >= 0.3 is 0 Å². The number of oxazole rings is 1. The van der Waals surface area contributed by atoms with Gasteiger partial charge in [0.15, 0.2) is 5.58 Å². The van der Waals surface area contributed by atoms with Gasteiger partial charge in [0.25, 0.3) is 0 Å². The van der Waals surface area contributed by atoms with Crippen LogP contribution in [0.1, 0.15) is 54.2 Å². The second kappa shape index (κ2) is 11.2. The molecule has 4 nitrogen and oxygen atoms in total. The van der Waals surface area contributed by atoms with E-state index < -0.39 is 0 Å². The highest BCUT2D eigenvalue weighted by Gasteiger charge is 2.22. The maximum absolute atomic E-state index is 11.0. The number of nitrogens with zero attached hydrogens (tertiary/aromatic N) is 2. The first kappa shape index (κ1) is 30.4. The highest BCUT2D eigenvalue weighted by molar-refractivity contribution is 6.00. The summed E-state index contributed by atoms with van der Waals surface area (Å²) >= 11 is 0. The number of aromatic hydroxyl groups is 1. The minimum atomic E-state index is -0.0970. The van der Waals surface area contributed by atoms with Gasteiger partial charge in [0.2, 0.25) is 5.89 Å². The van der Waals surface area contributed by atoms with E-state index in [1.807, 2.05) is 18.3 Å². The molecular weight excluding hydrogens is 576 g/mol. The van der Waals surface area contributed by atoms with Gasteiger partial charge in [-0.1, -0.05) is 74.9 Å². The molecule has 0 unspecified atom stereocenters. The summed E-state index contributed by atoms with van der Waals surface area (Å²) in [6.45, 7) is 17.2. The van der Waals surface area contributed by atoms with Crippen LogP contribution in [0.3, 0.4) is 0 Å². The quantitative estimate of drug-likeness (QED) is 0.214. The van der Waals surface area contributed by atoms with Crippen LogP contribution in [0.25, 0.3) is 66.8 Å². The van der Waals surface area contributed by atoms with Gasteiger partial charge in [0.05, 0.1) is 11.1 Å². The van der Waals surface area contributed by atoms with Crippen LogP contribution in [-0.2, 0) is 5.41 Å². The molecule has 0 aliphatic heterocycles. The summed E-state index contributed by atoms with van der Waals surface area (Å²) in [4.78, 5) is 9.89. The number of rotatable bonds is 4. The zero-order valence-corrected chi connectivity index (χ0v) is 28.4. The van der Waals surface area contributed by atoms with Crippen molar-refractivity contribution in [2.24, 2.45) is 0 Å². The Morgan fingerprint density at radius 1 is 0.617 bits per heavy atom. The predicted molar refractivity (Wildman–Crippen MR) is 195 cm³/mol. The number of hydrogen-bond donors (Lipinski definition) is 1. The van der Waals surface area contributed by atoms with Crippen LogP contribution in [0.2, 0.25) is 0 Å². The smallest absolute Gasteiger partial charge is 0.231 e. The topological polar surface area (TPSA) is 59.2 Å². The Bertz CT molecular complexity index is 2330. The monoisotopic (exact) mass is 616 g/mol. The molecule has 0 bridgehead atoms. The maximum atomic E-state index is 11.0. The largest absolute Gasteiger partial charge is 0.507 e. The first-order valence-electron chi connectivity index (χ1n) is 16.2. The first-order chi connectivity index (χ1) is 22.4. The summed E-state index contributed by atoms with van der Waals surface area (Å²) in [5.41, 5.74) is 16.5. The van der Waals surface area contributed by atoms with Crippen molar-refractivity contribution in [1.29, 1.82) is 0 Å². The number of para-hydroxylation sites is 1. The van der Waals surface area contributed by atoms with E-state index in [0.29, 0.717) is 17.0 Å². The lowest BCUT2D eigenvalue weighted by atomic mass is 9.86. The molecule has 0 saturated heterocycles. The number of pyridine rings is 1. The second-order valence-corrected chi connectivity index (χ2v) is 14.1. The standard InChI is InChI=1S/C43H40N2O2/c1-24-16-27(4)39(28(5)17-24)31-21-35(41-38(22-31)47-42(45-41)36-23-32(43(6,7)8)12-13-37(36)46)30-19-25(2)18-29(20-30)34-11-9-10-33-26(3)14-15-44-40(33)34/h9-23,46H,1-8H3. The number of fused-ring (bicyclic) bond motifs is 2. The van der Waals surface area contributed by atoms with Crippen LogP contribution < -0.4 is 0 Å². The normalized spacial score (nSPS) is 11.9. The Kier molecular flexibility index (Phi) is 7.28. The van der Waals surface area contributed by atoms with Crippen LogP contribution >= 0.6 is 0 Å². The molecule has 0 fully saturated rings. The Balaban J connectivity index is 1.50. The summed E-state index contributed by atoms with van der Waals surface area (Å²) in [5, 5.41) is 12.1. The van der Waals surface area contributed by atoms with E-state index in [1.165, 1.54) is 27.8 Å². The molecule has 47 heavy (non-hydrogen) atoms. The van der Waals surface area contributed by atoms with E-state index in [1.54, 1.807) is 6.07 Å². The molecule has 7 rings (SSSR count). The van der Waals surface area contributed by atoms with E-state index in [4.69, 9.17) is 14.4 Å². The lowest BCUT2D eigenvalue weighted by Crippen LogP contribution is -2.10. The van der Waals surface area contributed by atoms with Crippen LogP contribution in [-0.4, -0.2) is 15.1 Å². The van der Waals surface area contributed by atoms with E-state index in [2.05, 4.69) is 122 Å². The maximum Gasteiger partial charge on any atom is 0.231 e. The van der Waals surface area contributed by atoms with Crippen molar-refractivity contribution in [2.75, 3.05) is 0 Å². The molecule has 2 aromatic heterocycles. The summed E-state index contributed by atoms with van der Waals surface area (Å²) in [5.74, 6) is 0.550. The molecule has 7 aromatic rings. The van der Waals surface area contributed by atoms with Gasteiger partial charge in [-0.25, -0.2) is 4.98 Å². The predicted octanol–water partition coefficient (Wildman–Crippen LogP) is 11.6. The second-order valence-electron chi connectivity index (χ2n) is 14.1. The average molecular weight is 617 g/mol. The highest BCUT2D eigenvalue weighted by Crippen LogP contribution is 2.42. The molecule has 234 valence electrons. The fourth-order valence-corrected chi connectivity index (χ4v) is 6.96. The SMILES string of the molecule is Cc1cc(-c2cc(-c3c(C)cc(C)cc3C)cc3oc(-c4cc(C(C)(C)C)ccc4O)nc23)cc(-c2cccc3c(C)ccnc23)c1. The van der Waals surface area contributed by atoms with Crippen LogP contribution in [0.15, 0.2) is 95.5 Å². The van der Waals surface area contributed by atoms with Crippen LogP contribution in [0.4, 0.5) is 0 Å². The molecule has 1 N–H and O–H groups in total. The van der Waals surface area contributed by atoms with Crippen LogP contribution in [0.5, 0.6) is 5.75 Å². The zero-order chi connectivity index (χ0) is 33.2. The highest BCUT2D eigenvalue weighted by atomic mass is 16.3. The summed E-state index contributed by atoms with van der Waals surface area (Å²) in [6.07, 6.45) is 1.89. The van der Waals surface area contributed by atoms with Gasteiger partial charge in [-0.05, 0) is 127 Å². The number of phenolic OH excluding ortho intramolecular Hbond substituents is 1. The van der Waals surface area contributed by atoms with E-state index >= 15 is 0 Å². The third-order valence-corrected chi connectivity index (χ3v) is 9.24.